The van der Waals surface area contributed by atoms with Crippen molar-refractivity contribution >= 4 is 11.8 Å². The van der Waals surface area contributed by atoms with Crippen LogP contribution in [0.3, 0.4) is 0 Å². The summed E-state index contributed by atoms with van der Waals surface area (Å²) in [6.07, 6.45) is 4.15. The molecule has 0 aliphatic carbocycles. The molecule has 2 N–H and O–H groups in total. The Kier molecular flexibility index (Phi) is 5.83. The van der Waals surface area contributed by atoms with Crippen molar-refractivity contribution in [3.63, 3.8) is 0 Å². The van der Waals surface area contributed by atoms with Crippen molar-refractivity contribution in [1.82, 2.24) is 30.5 Å². The molecule has 8 nitrogen and oxygen atoms in total. The molecule has 150 valence electrons. The number of carbonyl (C=O) groups excluding carboxylic acids is 2. The molecule has 3 saturated heterocycles. The summed E-state index contributed by atoms with van der Waals surface area (Å²) in [4.78, 5) is 25.9. The van der Waals surface area contributed by atoms with E-state index in [0.717, 1.165) is 38.2 Å². The summed E-state index contributed by atoms with van der Waals surface area (Å²) >= 11 is 0. The average molecular weight is 377 g/mol. The van der Waals surface area contributed by atoms with Gasteiger partial charge in [-0.1, -0.05) is 26.0 Å². The number of hydrogen-bond acceptors (Lipinski definition) is 5. The molecule has 0 aromatic carbocycles. The van der Waals surface area contributed by atoms with Crippen molar-refractivity contribution in [2.24, 2.45) is 11.8 Å². The summed E-state index contributed by atoms with van der Waals surface area (Å²) in [5.74, 6) is 0.515. The van der Waals surface area contributed by atoms with Crippen LogP contribution >= 0.6 is 0 Å². The van der Waals surface area contributed by atoms with Crippen LogP contribution in [-0.2, 0) is 21.5 Å². The number of amides is 2. The summed E-state index contributed by atoms with van der Waals surface area (Å²) in [5.41, 5.74) is 1.01. The minimum atomic E-state index is -0.0716. The molecule has 1 unspecified atom stereocenters. The van der Waals surface area contributed by atoms with E-state index in [4.69, 9.17) is 0 Å². The van der Waals surface area contributed by atoms with Gasteiger partial charge in [-0.05, 0) is 25.3 Å². The monoisotopic (exact) mass is 376 g/mol. The first-order valence-corrected chi connectivity index (χ1v) is 9.91. The number of fused-ring (bicyclic) bond motifs is 3. The molecule has 27 heavy (non-hydrogen) atoms. The van der Waals surface area contributed by atoms with Crippen LogP contribution in [0.25, 0.3) is 0 Å². The van der Waals surface area contributed by atoms with Gasteiger partial charge in [-0.15, -0.1) is 5.10 Å². The molecule has 4 atom stereocenters. The minimum absolute atomic E-state index is 0.00450. The van der Waals surface area contributed by atoms with Gasteiger partial charge in [0.1, 0.15) is 0 Å². The Morgan fingerprint density at radius 2 is 2.00 bits per heavy atom. The second-order valence-electron chi connectivity index (χ2n) is 8.89. The molecule has 4 rings (SSSR count). The molecule has 0 radical (unpaired) electrons. The summed E-state index contributed by atoms with van der Waals surface area (Å²) in [6, 6.07) is 0.418. The number of rotatable bonds is 6. The third-order valence-electron chi connectivity index (χ3n) is 5.72. The van der Waals surface area contributed by atoms with Gasteiger partial charge in [-0.25, -0.2) is 0 Å². The van der Waals surface area contributed by atoms with Gasteiger partial charge in [0.05, 0.1) is 18.2 Å². The van der Waals surface area contributed by atoms with Crippen LogP contribution in [0, 0.1) is 11.8 Å². The fourth-order valence-electron chi connectivity index (χ4n) is 4.13. The predicted octanol–water partition coefficient (Wildman–Crippen LogP) is 0.538. The molecule has 3 fully saturated rings. The Morgan fingerprint density at radius 3 is 2.59 bits per heavy atom. The maximum atomic E-state index is 12.5. The van der Waals surface area contributed by atoms with Crippen LogP contribution in [0.4, 0.5) is 0 Å². The zero-order valence-corrected chi connectivity index (χ0v) is 16.9. The number of nitrogens with zero attached hydrogens (tertiary/aromatic N) is 4. The molecule has 0 saturated carbocycles. The molecule has 3 aliphatic rings. The van der Waals surface area contributed by atoms with E-state index in [0.29, 0.717) is 25.0 Å². The predicted molar refractivity (Wildman–Crippen MR) is 102 cm³/mol. The molecule has 0 spiro atoms. The van der Waals surface area contributed by atoms with Gasteiger partial charge in [0.15, 0.2) is 0 Å². The summed E-state index contributed by atoms with van der Waals surface area (Å²) in [5, 5.41) is 14.3. The number of carbonyl (C=O) groups is 2. The molecule has 1 aromatic rings. The lowest BCUT2D eigenvalue weighted by molar-refractivity contribution is -0.133. The van der Waals surface area contributed by atoms with Gasteiger partial charge in [0.25, 0.3) is 0 Å². The lowest BCUT2D eigenvalue weighted by Gasteiger charge is -2.49. The number of nitrogens with one attached hydrogen (secondary N) is 2. The van der Waals surface area contributed by atoms with Gasteiger partial charge >= 0.3 is 0 Å². The number of aromatic nitrogens is 3. The fraction of sp³-hybridized carbons (Fsp3) is 0.789. The molecule has 4 heterocycles. The first-order chi connectivity index (χ1) is 12.7. The highest BCUT2D eigenvalue weighted by molar-refractivity contribution is 5.79. The molecule has 3 aliphatic heterocycles. The highest BCUT2D eigenvalue weighted by Gasteiger charge is 2.43. The fourth-order valence-corrected chi connectivity index (χ4v) is 4.13. The SMILES string of the molecule is CC(=O)NCCNC(=O)[C@@H]1CN2CC[C@@H]1C[C@@H]2Cn1cc(C(C)(C)C)nn1. The summed E-state index contributed by atoms with van der Waals surface area (Å²) in [7, 11) is 0. The number of piperidine rings is 3. The van der Waals surface area contributed by atoms with E-state index in [2.05, 4.69) is 52.8 Å². The Labute approximate surface area is 161 Å². The second-order valence-corrected chi connectivity index (χ2v) is 8.89. The highest BCUT2D eigenvalue weighted by Crippen LogP contribution is 2.37. The van der Waals surface area contributed by atoms with Crippen LogP contribution < -0.4 is 10.6 Å². The Bertz CT molecular complexity index is 680. The van der Waals surface area contributed by atoms with Gasteiger partial charge in [0, 0.05) is 44.2 Å². The van der Waals surface area contributed by atoms with E-state index in [-0.39, 0.29) is 23.1 Å². The van der Waals surface area contributed by atoms with Crippen LogP contribution in [0.5, 0.6) is 0 Å². The van der Waals surface area contributed by atoms with Crippen molar-refractivity contribution in [1.29, 1.82) is 0 Å². The van der Waals surface area contributed by atoms with E-state index in [1.165, 1.54) is 6.92 Å². The highest BCUT2D eigenvalue weighted by atomic mass is 16.2. The van der Waals surface area contributed by atoms with E-state index < -0.39 is 0 Å². The van der Waals surface area contributed by atoms with Gasteiger partial charge in [0.2, 0.25) is 11.8 Å². The van der Waals surface area contributed by atoms with E-state index in [1.807, 2.05) is 4.68 Å². The van der Waals surface area contributed by atoms with Crippen LogP contribution in [0.15, 0.2) is 6.20 Å². The second kappa shape index (κ2) is 7.96. The van der Waals surface area contributed by atoms with Gasteiger partial charge < -0.3 is 10.6 Å². The molecular formula is C19H32N6O2. The molecule has 8 heteroatoms. The first kappa shape index (κ1) is 19.8. The maximum Gasteiger partial charge on any atom is 0.224 e. The van der Waals surface area contributed by atoms with Crippen molar-refractivity contribution in [3.8, 4) is 0 Å². The third kappa shape index (κ3) is 4.86. The maximum absolute atomic E-state index is 12.5. The molecular weight excluding hydrogens is 344 g/mol. The topological polar surface area (TPSA) is 92.2 Å². The van der Waals surface area contributed by atoms with Crippen molar-refractivity contribution in [3.05, 3.63) is 11.9 Å². The van der Waals surface area contributed by atoms with E-state index >= 15 is 0 Å². The molecule has 1 aromatic heterocycles. The van der Waals surface area contributed by atoms with Crippen LogP contribution in [0.1, 0.15) is 46.2 Å². The standard InChI is InChI=1S/C19H32N6O2/c1-13(26)20-6-7-21-18(27)16-11-24-8-5-14(16)9-15(24)10-25-12-17(22-23-25)19(2,3)4/h12,14-16H,5-11H2,1-4H3,(H,20,26)(H,21,27)/t14-,15-,16-/m1/s1. The largest absolute Gasteiger partial charge is 0.355 e. The zero-order valence-electron chi connectivity index (χ0n) is 16.9. The van der Waals surface area contributed by atoms with E-state index in [9.17, 15) is 9.59 Å². The molecule has 2 bridgehead atoms. The zero-order chi connectivity index (χ0) is 19.6. The third-order valence-corrected chi connectivity index (χ3v) is 5.72. The Balaban J connectivity index is 1.52. The first-order valence-electron chi connectivity index (χ1n) is 9.91. The summed E-state index contributed by atoms with van der Waals surface area (Å²) in [6.45, 7) is 11.6. The van der Waals surface area contributed by atoms with Crippen molar-refractivity contribution < 1.29 is 9.59 Å². The lowest BCUT2D eigenvalue weighted by atomic mass is 9.75. The van der Waals surface area contributed by atoms with Gasteiger partial charge in [-0.2, -0.15) is 0 Å². The van der Waals surface area contributed by atoms with Gasteiger partial charge in [-0.3, -0.25) is 19.2 Å². The Hall–Kier alpha value is -1.96. The number of hydrogen-bond donors (Lipinski definition) is 2. The van der Waals surface area contributed by atoms with Crippen molar-refractivity contribution in [2.75, 3.05) is 26.2 Å². The Morgan fingerprint density at radius 1 is 1.26 bits per heavy atom. The summed E-state index contributed by atoms with van der Waals surface area (Å²) < 4.78 is 1.95. The normalized spacial score (nSPS) is 27.4. The van der Waals surface area contributed by atoms with Crippen LogP contribution in [-0.4, -0.2) is 63.9 Å². The molecule has 2 amide bonds. The quantitative estimate of drug-likeness (QED) is 0.707. The minimum Gasteiger partial charge on any atom is -0.355 e. The average Bonchev–Trinajstić information content (AvgIpc) is 3.08. The van der Waals surface area contributed by atoms with E-state index in [1.54, 1.807) is 0 Å². The van der Waals surface area contributed by atoms with Crippen LogP contribution in [0.2, 0.25) is 0 Å². The lowest BCUT2D eigenvalue weighted by Crippen LogP contribution is -2.58. The smallest absolute Gasteiger partial charge is 0.224 e. The van der Waals surface area contributed by atoms with Crippen molar-refractivity contribution in [2.45, 2.75) is 58.5 Å².